The van der Waals surface area contributed by atoms with E-state index >= 15 is 0 Å². The van der Waals surface area contributed by atoms with Gasteiger partial charge in [0.25, 0.3) is 0 Å². The largest absolute Gasteiger partial charge is 0.372 e. The van der Waals surface area contributed by atoms with Gasteiger partial charge < -0.3 is 9.64 Å². The van der Waals surface area contributed by atoms with Crippen LogP contribution in [0.2, 0.25) is 0 Å². The van der Waals surface area contributed by atoms with E-state index in [4.69, 9.17) is 16.3 Å². The Balaban J connectivity index is 2.37. The number of ether oxygens (including phenoxy) is 1. The highest BCUT2D eigenvalue weighted by atomic mass is 35.5. The molecule has 1 fully saturated rings. The number of pyridine rings is 1. The summed E-state index contributed by atoms with van der Waals surface area (Å²) in [5.41, 5.74) is 3.41. The normalized spacial score (nSPS) is 24.4. The molecule has 18 heavy (non-hydrogen) atoms. The molecule has 0 aliphatic carbocycles. The maximum Gasteiger partial charge on any atom is 0.133 e. The second kappa shape index (κ2) is 5.45. The van der Waals surface area contributed by atoms with Gasteiger partial charge in [0.2, 0.25) is 0 Å². The SMILES string of the molecule is Cc1cc(C)c(CCl)c(N2C[C@@H](C)O[C@@H](C)C2)n1. The van der Waals surface area contributed by atoms with Crippen molar-refractivity contribution in [1.29, 1.82) is 0 Å². The number of alkyl halides is 1. The van der Waals surface area contributed by atoms with Gasteiger partial charge in [0.15, 0.2) is 0 Å². The fourth-order valence-corrected chi connectivity index (χ4v) is 2.95. The molecule has 0 bridgehead atoms. The van der Waals surface area contributed by atoms with Crippen molar-refractivity contribution < 1.29 is 4.74 Å². The van der Waals surface area contributed by atoms with Gasteiger partial charge >= 0.3 is 0 Å². The Labute approximate surface area is 114 Å². The Morgan fingerprint density at radius 3 is 2.50 bits per heavy atom. The molecule has 0 amide bonds. The summed E-state index contributed by atoms with van der Waals surface area (Å²) in [6, 6.07) is 2.09. The first kappa shape index (κ1) is 13.6. The van der Waals surface area contributed by atoms with Crippen molar-refractivity contribution in [3.8, 4) is 0 Å². The van der Waals surface area contributed by atoms with Crippen molar-refractivity contribution >= 4 is 17.4 Å². The number of hydrogen-bond acceptors (Lipinski definition) is 3. The molecule has 1 aliphatic rings. The quantitative estimate of drug-likeness (QED) is 0.771. The van der Waals surface area contributed by atoms with E-state index in [0.717, 1.165) is 30.2 Å². The summed E-state index contributed by atoms with van der Waals surface area (Å²) in [6.07, 6.45) is 0.471. The van der Waals surface area contributed by atoms with Crippen molar-refractivity contribution in [2.24, 2.45) is 0 Å². The Bertz CT molecular complexity index is 426. The first-order valence-electron chi connectivity index (χ1n) is 6.44. The highest BCUT2D eigenvalue weighted by Gasteiger charge is 2.25. The predicted molar refractivity (Wildman–Crippen MR) is 75.5 cm³/mol. The van der Waals surface area contributed by atoms with Crippen LogP contribution in [0.25, 0.3) is 0 Å². The molecule has 0 spiro atoms. The standard InChI is InChI=1S/C14H21ClN2O/c1-9-5-10(2)16-14(13(9)6-15)17-7-11(3)18-12(4)8-17/h5,11-12H,6-8H2,1-4H3/t11-,12+. The second-order valence-electron chi connectivity index (χ2n) is 5.18. The Kier molecular flexibility index (Phi) is 4.13. The van der Waals surface area contributed by atoms with Crippen LogP contribution in [-0.4, -0.2) is 30.3 Å². The maximum absolute atomic E-state index is 6.08. The van der Waals surface area contributed by atoms with E-state index in [9.17, 15) is 0 Å². The third kappa shape index (κ3) is 2.78. The molecule has 1 saturated heterocycles. The molecule has 2 rings (SSSR count). The topological polar surface area (TPSA) is 25.4 Å². The lowest BCUT2D eigenvalue weighted by Gasteiger charge is -2.37. The summed E-state index contributed by atoms with van der Waals surface area (Å²) in [6.45, 7) is 10.1. The molecule has 0 saturated carbocycles. The second-order valence-corrected chi connectivity index (χ2v) is 5.45. The van der Waals surface area contributed by atoms with Crippen molar-refractivity contribution in [1.82, 2.24) is 4.98 Å². The number of nitrogens with zero attached hydrogens (tertiary/aromatic N) is 2. The minimum atomic E-state index is 0.236. The highest BCUT2D eigenvalue weighted by molar-refractivity contribution is 6.17. The van der Waals surface area contributed by atoms with E-state index in [-0.39, 0.29) is 12.2 Å². The van der Waals surface area contributed by atoms with E-state index in [0.29, 0.717) is 5.88 Å². The van der Waals surface area contributed by atoms with Crippen molar-refractivity contribution in [2.45, 2.75) is 45.8 Å². The van der Waals surface area contributed by atoms with Gasteiger partial charge in [-0.3, -0.25) is 0 Å². The van der Waals surface area contributed by atoms with E-state index < -0.39 is 0 Å². The molecule has 0 unspecified atom stereocenters. The van der Waals surface area contributed by atoms with Crippen molar-refractivity contribution in [3.05, 3.63) is 22.9 Å². The highest BCUT2D eigenvalue weighted by Crippen LogP contribution is 2.27. The van der Waals surface area contributed by atoms with Gasteiger partial charge in [-0.15, -0.1) is 11.6 Å². The maximum atomic E-state index is 6.08. The van der Waals surface area contributed by atoms with Crippen LogP contribution < -0.4 is 4.90 Å². The zero-order valence-electron chi connectivity index (χ0n) is 11.5. The van der Waals surface area contributed by atoms with Gasteiger partial charge in [-0.25, -0.2) is 4.98 Å². The van der Waals surface area contributed by atoms with E-state index in [1.54, 1.807) is 0 Å². The Morgan fingerprint density at radius 1 is 1.33 bits per heavy atom. The monoisotopic (exact) mass is 268 g/mol. The summed E-state index contributed by atoms with van der Waals surface area (Å²) in [7, 11) is 0. The van der Waals surface area contributed by atoms with Gasteiger partial charge in [0.05, 0.1) is 18.1 Å². The molecule has 4 heteroatoms. The van der Waals surface area contributed by atoms with E-state index in [1.807, 2.05) is 6.92 Å². The summed E-state index contributed by atoms with van der Waals surface area (Å²) in [4.78, 5) is 6.99. The lowest BCUT2D eigenvalue weighted by molar-refractivity contribution is -0.00550. The molecule has 0 aromatic carbocycles. The average molecular weight is 269 g/mol. The lowest BCUT2D eigenvalue weighted by Crippen LogP contribution is -2.46. The summed E-state index contributed by atoms with van der Waals surface area (Å²) < 4.78 is 5.77. The van der Waals surface area contributed by atoms with Gasteiger partial charge in [0, 0.05) is 24.3 Å². The molecule has 0 radical (unpaired) electrons. The van der Waals surface area contributed by atoms with Crippen LogP contribution in [0.15, 0.2) is 6.07 Å². The average Bonchev–Trinajstić information content (AvgIpc) is 2.26. The molecule has 1 aromatic heterocycles. The van der Waals surface area contributed by atoms with Crippen LogP contribution in [0, 0.1) is 13.8 Å². The Hall–Kier alpha value is -0.800. The Morgan fingerprint density at radius 2 is 1.94 bits per heavy atom. The van der Waals surface area contributed by atoms with Crippen LogP contribution in [-0.2, 0) is 10.6 Å². The van der Waals surface area contributed by atoms with Gasteiger partial charge in [0.1, 0.15) is 5.82 Å². The van der Waals surface area contributed by atoms with E-state index in [2.05, 4.69) is 36.7 Å². The number of anilines is 1. The minimum Gasteiger partial charge on any atom is -0.372 e. The summed E-state index contributed by atoms with van der Waals surface area (Å²) in [5.74, 6) is 1.54. The van der Waals surface area contributed by atoms with Crippen LogP contribution >= 0.6 is 11.6 Å². The fraction of sp³-hybridized carbons (Fsp3) is 0.643. The number of aromatic nitrogens is 1. The van der Waals surface area contributed by atoms with Gasteiger partial charge in [-0.2, -0.15) is 0 Å². The molecule has 2 heterocycles. The third-order valence-corrected chi connectivity index (χ3v) is 3.57. The summed E-state index contributed by atoms with van der Waals surface area (Å²) >= 11 is 6.08. The number of hydrogen-bond donors (Lipinski definition) is 0. The molecule has 100 valence electrons. The molecule has 1 aromatic rings. The number of morpholine rings is 1. The van der Waals surface area contributed by atoms with Crippen molar-refractivity contribution in [3.63, 3.8) is 0 Å². The lowest BCUT2D eigenvalue weighted by atomic mass is 10.1. The third-order valence-electron chi connectivity index (χ3n) is 3.31. The van der Waals surface area contributed by atoms with Gasteiger partial charge in [-0.1, -0.05) is 0 Å². The number of aryl methyl sites for hydroxylation is 2. The molecule has 3 nitrogen and oxygen atoms in total. The smallest absolute Gasteiger partial charge is 0.133 e. The van der Waals surface area contributed by atoms with Gasteiger partial charge in [-0.05, 0) is 39.3 Å². The number of halogens is 1. The van der Waals surface area contributed by atoms with Crippen LogP contribution in [0.5, 0.6) is 0 Å². The minimum absolute atomic E-state index is 0.236. The molecule has 2 atom stereocenters. The van der Waals surface area contributed by atoms with Crippen LogP contribution in [0.3, 0.4) is 0 Å². The summed E-state index contributed by atoms with van der Waals surface area (Å²) in [5, 5.41) is 0. The predicted octanol–water partition coefficient (Wildman–Crippen LogP) is 3.05. The van der Waals surface area contributed by atoms with Crippen LogP contribution in [0.4, 0.5) is 5.82 Å². The van der Waals surface area contributed by atoms with E-state index in [1.165, 1.54) is 5.56 Å². The number of rotatable bonds is 2. The molecule has 0 N–H and O–H groups in total. The first-order valence-corrected chi connectivity index (χ1v) is 6.98. The first-order chi connectivity index (χ1) is 8.51. The van der Waals surface area contributed by atoms with Crippen LogP contribution in [0.1, 0.15) is 30.7 Å². The molecule has 1 aliphatic heterocycles. The fourth-order valence-electron chi connectivity index (χ4n) is 2.62. The molecular formula is C14H21ClN2O. The molecular weight excluding hydrogens is 248 g/mol. The van der Waals surface area contributed by atoms with Crippen molar-refractivity contribution in [2.75, 3.05) is 18.0 Å². The zero-order valence-corrected chi connectivity index (χ0v) is 12.3. The zero-order chi connectivity index (χ0) is 13.3.